The summed E-state index contributed by atoms with van der Waals surface area (Å²) in [6.07, 6.45) is 0.0761. The van der Waals surface area contributed by atoms with Crippen molar-refractivity contribution in [1.29, 1.82) is 0 Å². The zero-order chi connectivity index (χ0) is 16.1. The van der Waals surface area contributed by atoms with E-state index in [0.29, 0.717) is 23.3 Å². The number of methoxy groups -OCH3 is 1. The number of aromatic nitrogens is 4. The highest BCUT2D eigenvalue weighted by Crippen LogP contribution is 2.21. The van der Waals surface area contributed by atoms with Crippen LogP contribution in [0.1, 0.15) is 18.3 Å². The van der Waals surface area contributed by atoms with E-state index in [9.17, 15) is 10.2 Å². The summed E-state index contributed by atoms with van der Waals surface area (Å²) in [7, 11) is 2.85. The van der Waals surface area contributed by atoms with Gasteiger partial charge in [0, 0.05) is 13.5 Å². The van der Waals surface area contributed by atoms with E-state index in [1.807, 2.05) is 0 Å². The molecule has 2 aromatic heterocycles. The SMILES string of the molecule is COOCCC(OC)C(O)C(O)n1cnc2c(C)ncnc21. The van der Waals surface area contributed by atoms with Gasteiger partial charge in [0.05, 0.1) is 31.8 Å². The Bertz CT molecular complexity index is 605. The zero-order valence-electron chi connectivity index (χ0n) is 12.7. The van der Waals surface area contributed by atoms with Gasteiger partial charge >= 0.3 is 0 Å². The second kappa shape index (κ2) is 7.56. The van der Waals surface area contributed by atoms with E-state index in [4.69, 9.17) is 9.62 Å². The quantitative estimate of drug-likeness (QED) is 0.397. The highest BCUT2D eigenvalue weighted by Gasteiger charge is 2.29. The first-order chi connectivity index (χ1) is 10.6. The average Bonchev–Trinajstić information content (AvgIpc) is 2.96. The van der Waals surface area contributed by atoms with Crippen molar-refractivity contribution < 1.29 is 24.7 Å². The van der Waals surface area contributed by atoms with Crippen LogP contribution in [-0.2, 0) is 14.5 Å². The molecular formula is C13H20N4O5. The summed E-state index contributed by atoms with van der Waals surface area (Å²) >= 11 is 0. The lowest BCUT2D eigenvalue weighted by atomic mass is 10.1. The molecule has 22 heavy (non-hydrogen) atoms. The third-order valence-corrected chi connectivity index (χ3v) is 3.42. The number of aliphatic hydroxyl groups excluding tert-OH is 2. The van der Waals surface area contributed by atoms with Crippen LogP contribution in [0.4, 0.5) is 0 Å². The van der Waals surface area contributed by atoms with Gasteiger partial charge in [-0.2, -0.15) is 0 Å². The molecule has 0 saturated heterocycles. The summed E-state index contributed by atoms with van der Waals surface area (Å²) in [6.45, 7) is 2.02. The molecular weight excluding hydrogens is 292 g/mol. The smallest absolute Gasteiger partial charge is 0.165 e. The molecule has 0 aliphatic rings. The molecule has 0 bridgehead atoms. The summed E-state index contributed by atoms with van der Waals surface area (Å²) in [5, 5.41) is 20.7. The fourth-order valence-electron chi connectivity index (χ4n) is 2.19. The number of aryl methyl sites for hydroxylation is 1. The third kappa shape index (κ3) is 3.39. The minimum absolute atomic E-state index is 0.227. The van der Waals surface area contributed by atoms with Crippen molar-refractivity contribution in [2.75, 3.05) is 20.8 Å². The lowest BCUT2D eigenvalue weighted by Crippen LogP contribution is -2.37. The third-order valence-electron chi connectivity index (χ3n) is 3.42. The Balaban J connectivity index is 2.17. The van der Waals surface area contributed by atoms with Crippen LogP contribution in [-0.4, -0.2) is 62.8 Å². The van der Waals surface area contributed by atoms with Crippen molar-refractivity contribution in [3.63, 3.8) is 0 Å². The first-order valence-electron chi connectivity index (χ1n) is 6.78. The van der Waals surface area contributed by atoms with Crippen LogP contribution < -0.4 is 0 Å². The Labute approximate surface area is 127 Å². The Kier molecular flexibility index (Phi) is 5.75. The van der Waals surface area contributed by atoms with Gasteiger partial charge in [0.1, 0.15) is 17.9 Å². The van der Waals surface area contributed by atoms with E-state index in [1.54, 1.807) is 6.92 Å². The molecule has 3 unspecified atom stereocenters. The largest absolute Gasteiger partial charge is 0.386 e. The molecule has 0 aliphatic carbocycles. The van der Waals surface area contributed by atoms with Gasteiger partial charge in [-0.25, -0.2) is 24.7 Å². The lowest BCUT2D eigenvalue weighted by molar-refractivity contribution is -0.277. The lowest BCUT2D eigenvalue weighted by Gasteiger charge is -2.26. The fraction of sp³-hybridized carbons (Fsp3) is 0.615. The number of hydrogen-bond acceptors (Lipinski definition) is 8. The van der Waals surface area contributed by atoms with Crippen LogP contribution >= 0.6 is 0 Å². The highest BCUT2D eigenvalue weighted by atomic mass is 17.2. The number of rotatable bonds is 8. The maximum atomic E-state index is 10.4. The summed E-state index contributed by atoms with van der Waals surface area (Å²) in [5.74, 6) is 0. The number of ether oxygens (including phenoxy) is 1. The summed E-state index contributed by atoms with van der Waals surface area (Å²) < 4.78 is 6.59. The van der Waals surface area contributed by atoms with Crippen LogP contribution in [0.3, 0.4) is 0 Å². The van der Waals surface area contributed by atoms with Crippen molar-refractivity contribution in [2.45, 2.75) is 31.8 Å². The molecule has 0 aromatic carbocycles. The second-order valence-electron chi connectivity index (χ2n) is 4.74. The topological polar surface area (TPSA) is 112 Å². The van der Waals surface area contributed by atoms with Crippen LogP contribution in [0.5, 0.6) is 0 Å². The van der Waals surface area contributed by atoms with Crippen LogP contribution in [0.15, 0.2) is 12.7 Å². The Morgan fingerprint density at radius 2 is 2.00 bits per heavy atom. The predicted molar refractivity (Wildman–Crippen MR) is 75.7 cm³/mol. The number of aliphatic hydroxyl groups is 2. The van der Waals surface area contributed by atoms with Crippen molar-refractivity contribution in [3.8, 4) is 0 Å². The van der Waals surface area contributed by atoms with Crippen molar-refractivity contribution in [2.24, 2.45) is 0 Å². The molecule has 2 aromatic rings. The summed E-state index contributed by atoms with van der Waals surface area (Å²) in [5.41, 5.74) is 1.72. The van der Waals surface area contributed by atoms with Gasteiger partial charge in [0.25, 0.3) is 0 Å². The van der Waals surface area contributed by atoms with Crippen LogP contribution in [0.2, 0.25) is 0 Å². The minimum Gasteiger partial charge on any atom is -0.386 e. The van der Waals surface area contributed by atoms with E-state index < -0.39 is 18.4 Å². The minimum atomic E-state index is -1.26. The van der Waals surface area contributed by atoms with Gasteiger partial charge < -0.3 is 14.9 Å². The van der Waals surface area contributed by atoms with Crippen molar-refractivity contribution in [1.82, 2.24) is 19.5 Å². The standard InChI is InChI=1S/C13H20N4O5/c1-8-10-12(15-6-14-8)17(7-16-10)13(19)11(18)9(20-2)4-5-22-21-3/h6-7,9,11,13,18-19H,4-5H2,1-3H3. The van der Waals surface area contributed by atoms with Crippen LogP contribution in [0, 0.1) is 6.92 Å². The Morgan fingerprint density at radius 1 is 1.23 bits per heavy atom. The second-order valence-corrected chi connectivity index (χ2v) is 4.74. The Morgan fingerprint density at radius 3 is 2.68 bits per heavy atom. The van der Waals surface area contributed by atoms with Crippen molar-refractivity contribution >= 4 is 11.2 Å². The molecule has 2 rings (SSSR count). The van der Waals surface area contributed by atoms with Gasteiger partial charge in [-0.1, -0.05) is 0 Å². The molecule has 0 amide bonds. The molecule has 9 nitrogen and oxygen atoms in total. The monoisotopic (exact) mass is 312 g/mol. The number of hydrogen-bond donors (Lipinski definition) is 2. The molecule has 0 spiro atoms. The Hall–Kier alpha value is -1.65. The predicted octanol–water partition coefficient (Wildman–Crippen LogP) is -0.0304. The molecule has 2 N–H and O–H groups in total. The molecule has 0 fully saturated rings. The number of fused-ring (bicyclic) bond motifs is 1. The molecule has 122 valence electrons. The molecule has 0 saturated carbocycles. The van der Waals surface area contributed by atoms with Crippen molar-refractivity contribution in [3.05, 3.63) is 18.3 Å². The van der Waals surface area contributed by atoms with E-state index in [1.165, 1.54) is 31.4 Å². The molecule has 3 atom stereocenters. The maximum Gasteiger partial charge on any atom is 0.165 e. The summed E-state index contributed by atoms with van der Waals surface area (Å²) in [4.78, 5) is 21.6. The average molecular weight is 312 g/mol. The molecule has 2 heterocycles. The van der Waals surface area contributed by atoms with E-state index >= 15 is 0 Å². The highest BCUT2D eigenvalue weighted by molar-refractivity contribution is 5.72. The number of nitrogens with zero attached hydrogens (tertiary/aromatic N) is 4. The first-order valence-corrected chi connectivity index (χ1v) is 6.78. The van der Waals surface area contributed by atoms with Crippen LogP contribution in [0.25, 0.3) is 11.2 Å². The van der Waals surface area contributed by atoms with Gasteiger partial charge in [-0.3, -0.25) is 4.57 Å². The number of imidazole rings is 1. The zero-order valence-corrected chi connectivity index (χ0v) is 12.7. The molecule has 0 radical (unpaired) electrons. The van der Waals surface area contributed by atoms with Gasteiger partial charge in [0.2, 0.25) is 0 Å². The van der Waals surface area contributed by atoms with Gasteiger partial charge in [-0.15, -0.1) is 0 Å². The van der Waals surface area contributed by atoms with E-state index in [2.05, 4.69) is 19.8 Å². The van der Waals surface area contributed by atoms with E-state index in [0.717, 1.165) is 0 Å². The molecule has 9 heteroatoms. The normalized spacial score (nSPS) is 15.9. The van der Waals surface area contributed by atoms with Gasteiger partial charge in [0.15, 0.2) is 11.9 Å². The maximum absolute atomic E-state index is 10.4. The van der Waals surface area contributed by atoms with E-state index in [-0.39, 0.29) is 6.61 Å². The summed E-state index contributed by atoms with van der Waals surface area (Å²) in [6, 6.07) is 0. The van der Waals surface area contributed by atoms with Gasteiger partial charge in [-0.05, 0) is 6.92 Å². The molecule has 0 aliphatic heterocycles. The fourth-order valence-corrected chi connectivity index (χ4v) is 2.19. The first kappa shape index (κ1) is 16.7.